The van der Waals surface area contributed by atoms with Gasteiger partial charge in [0, 0.05) is 12.1 Å². The normalized spacial score (nSPS) is 11.3. The van der Waals surface area contributed by atoms with Crippen LogP contribution in [0.5, 0.6) is 5.75 Å². The average molecular weight is 299 g/mol. The summed E-state index contributed by atoms with van der Waals surface area (Å²) in [5.41, 5.74) is 0.622. The third-order valence-corrected chi connectivity index (χ3v) is 3.99. The zero-order valence-corrected chi connectivity index (χ0v) is 11.2. The summed E-state index contributed by atoms with van der Waals surface area (Å²) >= 11 is 0. The maximum Gasteiger partial charge on any atom is 0.261 e. The van der Waals surface area contributed by atoms with E-state index >= 15 is 0 Å². The summed E-state index contributed by atoms with van der Waals surface area (Å²) in [6.07, 6.45) is 0. The maximum atomic E-state index is 13.1. The molecule has 0 radical (unpaired) electrons. The summed E-state index contributed by atoms with van der Waals surface area (Å²) in [6, 6.07) is 7.44. The lowest BCUT2D eigenvalue weighted by Gasteiger charge is -2.09. The minimum Gasteiger partial charge on any atom is -0.505 e. The highest BCUT2D eigenvalue weighted by Crippen LogP contribution is 2.25. The van der Waals surface area contributed by atoms with E-state index in [2.05, 4.69) is 4.72 Å². The Balaban J connectivity index is 2.36. The topological polar surface area (TPSA) is 66.4 Å². The molecule has 0 saturated heterocycles. The average Bonchev–Trinajstić information content (AvgIpc) is 2.36. The van der Waals surface area contributed by atoms with Gasteiger partial charge in [0.25, 0.3) is 10.0 Å². The van der Waals surface area contributed by atoms with Crippen molar-refractivity contribution in [3.05, 3.63) is 53.6 Å². The van der Waals surface area contributed by atoms with Crippen molar-refractivity contribution in [3.8, 4) is 5.75 Å². The quantitative estimate of drug-likeness (QED) is 0.916. The van der Waals surface area contributed by atoms with Crippen LogP contribution in [0.25, 0.3) is 0 Å². The van der Waals surface area contributed by atoms with Gasteiger partial charge in [0.2, 0.25) is 0 Å². The molecule has 0 bridgehead atoms. The fraction of sp³-hybridized carbons (Fsp3) is 0.0769. The number of aromatic hydroxyl groups is 1. The van der Waals surface area contributed by atoms with Gasteiger partial charge in [-0.2, -0.15) is 4.39 Å². The van der Waals surface area contributed by atoms with Crippen molar-refractivity contribution in [2.24, 2.45) is 0 Å². The van der Waals surface area contributed by atoms with Crippen LogP contribution in [0.1, 0.15) is 5.56 Å². The van der Waals surface area contributed by atoms with Gasteiger partial charge in [-0.1, -0.05) is 17.7 Å². The molecule has 2 aromatic rings. The van der Waals surface area contributed by atoms with Gasteiger partial charge in [-0.3, -0.25) is 4.72 Å². The van der Waals surface area contributed by atoms with Crippen LogP contribution >= 0.6 is 0 Å². The van der Waals surface area contributed by atoms with E-state index in [0.717, 1.165) is 11.6 Å². The van der Waals surface area contributed by atoms with Crippen LogP contribution in [0.4, 0.5) is 14.5 Å². The highest BCUT2D eigenvalue weighted by Gasteiger charge is 2.16. The molecule has 0 unspecified atom stereocenters. The Morgan fingerprint density at radius 3 is 2.25 bits per heavy atom. The number of nitrogens with one attached hydrogen (secondary N) is 1. The Bertz CT molecular complexity index is 720. The molecule has 2 rings (SSSR count). The van der Waals surface area contributed by atoms with Crippen LogP contribution in [-0.4, -0.2) is 13.5 Å². The molecule has 0 atom stereocenters. The van der Waals surface area contributed by atoms with Crippen LogP contribution in [0.15, 0.2) is 41.3 Å². The molecular weight excluding hydrogens is 288 g/mol. The summed E-state index contributed by atoms with van der Waals surface area (Å²) in [7, 11) is -3.93. The second-order valence-electron chi connectivity index (χ2n) is 4.21. The maximum absolute atomic E-state index is 13.1. The zero-order chi connectivity index (χ0) is 14.9. The lowest BCUT2D eigenvalue weighted by atomic mass is 10.2. The monoisotopic (exact) mass is 299 g/mol. The molecule has 0 aromatic heterocycles. The van der Waals surface area contributed by atoms with Crippen molar-refractivity contribution in [1.82, 2.24) is 0 Å². The van der Waals surface area contributed by atoms with Crippen LogP contribution < -0.4 is 4.72 Å². The minimum absolute atomic E-state index is 0.0210. The number of sulfonamides is 1. The largest absolute Gasteiger partial charge is 0.505 e. The Labute approximate surface area is 114 Å². The molecule has 0 heterocycles. The van der Waals surface area contributed by atoms with Gasteiger partial charge < -0.3 is 5.11 Å². The Morgan fingerprint density at radius 1 is 1.10 bits per heavy atom. The van der Waals surface area contributed by atoms with Gasteiger partial charge in [-0.25, -0.2) is 12.8 Å². The van der Waals surface area contributed by atoms with E-state index in [-0.39, 0.29) is 10.6 Å². The van der Waals surface area contributed by atoms with Crippen LogP contribution in [0.3, 0.4) is 0 Å². The number of aryl methyl sites for hydroxylation is 1. The van der Waals surface area contributed by atoms with Gasteiger partial charge in [-0.15, -0.1) is 0 Å². The van der Waals surface area contributed by atoms with Crippen molar-refractivity contribution < 1.29 is 22.3 Å². The van der Waals surface area contributed by atoms with Crippen LogP contribution in [-0.2, 0) is 10.0 Å². The molecule has 2 aromatic carbocycles. The van der Waals surface area contributed by atoms with E-state index in [1.807, 2.05) is 0 Å². The number of rotatable bonds is 3. The molecule has 0 saturated carbocycles. The van der Waals surface area contributed by atoms with Crippen molar-refractivity contribution in [2.75, 3.05) is 4.72 Å². The van der Waals surface area contributed by atoms with E-state index in [9.17, 15) is 17.2 Å². The first-order valence-corrected chi connectivity index (χ1v) is 7.05. The molecular formula is C13H11F2NO3S. The molecule has 0 spiro atoms. The molecule has 0 aliphatic heterocycles. The third-order valence-electron chi connectivity index (χ3n) is 2.59. The predicted octanol–water partition coefficient (Wildman–Crippen LogP) is 2.78. The fourth-order valence-corrected chi connectivity index (χ4v) is 2.61. The standard InChI is InChI=1S/C13H11F2NO3S/c1-8-2-4-10(5-3-8)20(18,19)16-9-6-11(14)13(15)12(17)7-9/h2-7,16-17H,1H3. The second kappa shape index (κ2) is 5.09. The van der Waals surface area contributed by atoms with Gasteiger partial charge in [-0.05, 0) is 19.1 Å². The second-order valence-corrected chi connectivity index (χ2v) is 5.89. The highest BCUT2D eigenvalue weighted by molar-refractivity contribution is 7.92. The Kier molecular flexibility index (Phi) is 3.63. The smallest absolute Gasteiger partial charge is 0.261 e. The van der Waals surface area contributed by atoms with Crippen molar-refractivity contribution >= 4 is 15.7 Å². The summed E-state index contributed by atoms with van der Waals surface area (Å²) in [5.74, 6) is -3.73. The zero-order valence-electron chi connectivity index (χ0n) is 10.4. The number of anilines is 1. The van der Waals surface area contributed by atoms with Crippen LogP contribution in [0.2, 0.25) is 0 Å². The number of halogens is 2. The molecule has 0 aliphatic rings. The van der Waals surface area contributed by atoms with E-state index in [1.54, 1.807) is 19.1 Å². The molecule has 0 fully saturated rings. The Morgan fingerprint density at radius 2 is 1.70 bits per heavy atom. The van der Waals surface area contributed by atoms with E-state index in [1.165, 1.54) is 12.1 Å². The van der Waals surface area contributed by atoms with E-state index in [0.29, 0.717) is 6.07 Å². The fourth-order valence-electron chi connectivity index (χ4n) is 1.56. The van der Waals surface area contributed by atoms with Gasteiger partial charge in [0.05, 0.1) is 10.6 Å². The third kappa shape index (κ3) is 2.88. The molecule has 0 amide bonds. The molecule has 20 heavy (non-hydrogen) atoms. The number of phenolic OH excluding ortho intramolecular Hbond substituents is 1. The van der Waals surface area contributed by atoms with Crippen molar-refractivity contribution in [3.63, 3.8) is 0 Å². The SMILES string of the molecule is Cc1ccc(S(=O)(=O)Nc2cc(O)c(F)c(F)c2)cc1. The van der Waals surface area contributed by atoms with E-state index in [4.69, 9.17) is 5.11 Å². The molecule has 7 heteroatoms. The Hall–Kier alpha value is -2.15. The first-order valence-electron chi connectivity index (χ1n) is 5.57. The molecule has 2 N–H and O–H groups in total. The summed E-state index contributed by atoms with van der Waals surface area (Å²) in [4.78, 5) is -0.0210. The highest BCUT2D eigenvalue weighted by atomic mass is 32.2. The minimum atomic E-state index is -3.93. The van der Waals surface area contributed by atoms with Crippen molar-refractivity contribution in [1.29, 1.82) is 0 Å². The number of hydrogen-bond donors (Lipinski definition) is 2. The van der Waals surface area contributed by atoms with E-state index < -0.39 is 27.4 Å². The molecule has 106 valence electrons. The molecule has 4 nitrogen and oxygen atoms in total. The lowest BCUT2D eigenvalue weighted by Crippen LogP contribution is -2.13. The summed E-state index contributed by atoms with van der Waals surface area (Å²) in [5, 5.41) is 9.13. The predicted molar refractivity (Wildman–Crippen MR) is 70.0 cm³/mol. The van der Waals surface area contributed by atoms with Gasteiger partial charge >= 0.3 is 0 Å². The first kappa shape index (κ1) is 14.3. The number of phenols is 1. The molecule has 0 aliphatic carbocycles. The lowest BCUT2D eigenvalue weighted by molar-refractivity contribution is 0.407. The van der Waals surface area contributed by atoms with Crippen molar-refractivity contribution in [2.45, 2.75) is 11.8 Å². The summed E-state index contributed by atoms with van der Waals surface area (Å²) < 4.78 is 52.1. The summed E-state index contributed by atoms with van der Waals surface area (Å²) in [6.45, 7) is 1.80. The van der Waals surface area contributed by atoms with Crippen LogP contribution in [0, 0.1) is 18.6 Å². The van der Waals surface area contributed by atoms with Gasteiger partial charge in [0.1, 0.15) is 0 Å². The van der Waals surface area contributed by atoms with Gasteiger partial charge in [0.15, 0.2) is 17.4 Å². The number of hydrogen-bond acceptors (Lipinski definition) is 3. The number of benzene rings is 2. The first-order chi connectivity index (χ1) is 9.29.